The molecular formula is C15H22N4O. The summed E-state index contributed by atoms with van der Waals surface area (Å²) in [6.45, 7) is 6.76. The third kappa shape index (κ3) is 3.57. The third-order valence-corrected chi connectivity index (χ3v) is 2.99. The molecule has 0 aliphatic carbocycles. The van der Waals surface area contributed by atoms with Crippen LogP contribution in [0, 0.1) is 0 Å². The third-order valence-electron chi connectivity index (χ3n) is 2.99. The van der Waals surface area contributed by atoms with Crippen LogP contribution in [0.25, 0.3) is 0 Å². The van der Waals surface area contributed by atoms with Crippen molar-refractivity contribution in [2.45, 2.75) is 46.2 Å². The lowest BCUT2D eigenvalue weighted by atomic mass is 10.1. The van der Waals surface area contributed by atoms with Gasteiger partial charge in [0, 0.05) is 24.3 Å². The second-order valence-corrected chi connectivity index (χ2v) is 5.11. The summed E-state index contributed by atoms with van der Waals surface area (Å²) in [6, 6.07) is 4.23. The topological polar surface area (TPSA) is 66.0 Å². The number of aromatic nitrogens is 3. The first-order valence-corrected chi connectivity index (χ1v) is 7.04. The maximum atomic E-state index is 5.79. The van der Waals surface area contributed by atoms with Gasteiger partial charge in [-0.1, -0.05) is 13.3 Å². The van der Waals surface area contributed by atoms with Crippen molar-refractivity contribution in [3.63, 3.8) is 0 Å². The molecule has 0 saturated carbocycles. The standard InChI is InChI=1S/C15H22N4O/c1-4-5-13-6-12(8-16)7-15(18-13)20-14-9-17-19(10-14)11(2)3/h6-7,9-11H,4-5,8,16H2,1-3H3. The minimum Gasteiger partial charge on any atom is -0.436 e. The molecule has 0 aliphatic rings. The largest absolute Gasteiger partial charge is 0.436 e. The van der Waals surface area contributed by atoms with Crippen LogP contribution in [0.4, 0.5) is 0 Å². The summed E-state index contributed by atoms with van der Waals surface area (Å²) >= 11 is 0. The van der Waals surface area contributed by atoms with E-state index in [0.29, 0.717) is 24.2 Å². The zero-order valence-electron chi connectivity index (χ0n) is 12.3. The number of nitrogens with zero attached hydrogens (tertiary/aromatic N) is 3. The van der Waals surface area contributed by atoms with E-state index in [0.717, 1.165) is 24.1 Å². The molecule has 0 bridgehead atoms. The average Bonchev–Trinajstić information content (AvgIpc) is 2.87. The summed E-state index contributed by atoms with van der Waals surface area (Å²) in [5.74, 6) is 1.28. The zero-order valence-corrected chi connectivity index (χ0v) is 12.3. The normalized spacial score (nSPS) is 11.1. The maximum absolute atomic E-state index is 5.79. The number of hydrogen-bond donors (Lipinski definition) is 1. The average molecular weight is 274 g/mol. The van der Waals surface area contributed by atoms with Gasteiger partial charge in [-0.3, -0.25) is 4.68 Å². The molecule has 0 saturated heterocycles. The molecule has 0 aromatic carbocycles. The molecule has 2 aromatic rings. The van der Waals surface area contributed by atoms with E-state index >= 15 is 0 Å². The highest BCUT2D eigenvalue weighted by atomic mass is 16.5. The quantitative estimate of drug-likeness (QED) is 0.879. The minimum atomic E-state index is 0.311. The van der Waals surface area contributed by atoms with E-state index in [1.165, 1.54) is 0 Å². The number of pyridine rings is 1. The zero-order chi connectivity index (χ0) is 14.5. The maximum Gasteiger partial charge on any atom is 0.219 e. The smallest absolute Gasteiger partial charge is 0.219 e. The lowest BCUT2D eigenvalue weighted by molar-refractivity contribution is 0.456. The lowest BCUT2D eigenvalue weighted by Gasteiger charge is -2.07. The van der Waals surface area contributed by atoms with Crippen LogP contribution in [-0.2, 0) is 13.0 Å². The fourth-order valence-corrected chi connectivity index (χ4v) is 1.95. The summed E-state index contributed by atoms with van der Waals surface area (Å²) in [5.41, 5.74) is 7.77. The summed E-state index contributed by atoms with van der Waals surface area (Å²) in [5, 5.41) is 4.25. The molecule has 2 N–H and O–H groups in total. The Bertz CT molecular complexity index is 563. The molecule has 0 fully saturated rings. The molecule has 108 valence electrons. The molecule has 0 unspecified atom stereocenters. The molecule has 0 amide bonds. The second kappa shape index (κ2) is 6.52. The van der Waals surface area contributed by atoms with Crippen molar-refractivity contribution in [1.29, 1.82) is 0 Å². The van der Waals surface area contributed by atoms with Gasteiger partial charge in [-0.2, -0.15) is 5.10 Å². The number of hydrogen-bond acceptors (Lipinski definition) is 4. The van der Waals surface area contributed by atoms with E-state index < -0.39 is 0 Å². The van der Waals surface area contributed by atoms with Crippen LogP contribution in [0.15, 0.2) is 24.5 Å². The summed E-state index contributed by atoms with van der Waals surface area (Å²) in [6.07, 6.45) is 5.55. The predicted octanol–water partition coefficient (Wildman–Crippen LogP) is 3.06. The molecule has 5 nitrogen and oxygen atoms in total. The lowest BCUT2D eigenvalue weighted by Crippen LogP contribution is -2.01. The number of aryl methyl sites for hydroxylation is 1. The van der Waals surface area contributed by atoms with E-state index in [9.17, 15) is 0 Å². The summed E-state index contributed by atoms with van der Waals surface area (Å²) < 4.78 is 7.64. The fraction of sp³-hybridized carbons (Fsp3) is 0.467. The number of ether oxygens (including phenoxy) is 1. The molecule has 2 aromatic heterocycles. The Hall–Kier alpha value is -1.88. The van der Waals surface area contributed by atoms with Crippen LogP contribution in [-0.4, -0.2) is 14.8 Å². The fourth-order valence-electron chi connectivity index (χ4n) is 1.95. The Morgan fingerprint density at radius 3 is 2.75 bits per heavy atom. The monoisotopic (exact) mass is 274 g/mol. The molecule has 0 spiro atoms. The second-order valence-electron chi connectivity index (χ2n) is 5.11. The van der Waals surface area contributed by atoms with Gasteiger partial charge in [-0.05, 0) is 31.9 Å². The molecule has 2 heterocycles. The Kier molecular flexibility index (Phi) is 4.74. The van der Waals surface area contributed by atoms with Gasteiger partial charge in [0.15, 0.2) is 5.75 Å². The molecule has 20 heavy (non-hydrogen) atoms. The Balaban J connectivity index is 2.20. The van der Waals surface area contributed by atoms with Crippen LogP contribution in [0.3, 0.4) is 0 Å². The van der Waals surface area contributed by atoms with Crippen LogP contribution in [0.5, 0.6) is 11.6 Å². The molecule has 0 radical (unpaired) electrons. The van der Waals surface area contributed by atoms with Crippen molar-refractivity contribution in [1.82, 2.24) is 14.8 Å². The predicted molar refractivity (Wildman–Crippen MR) is 78.8 cm³/mol. The molecule has 5 heteroatoms. The van der Waals surface area contributed by atoms with Gasteiger partial charge >= 0.3 is 0 Å². The van der Waals surface area contributed by atoms with E-state index in [1.54, 1.807) is 6.20 Å². The van der Waals surface area contributed by atoms with E-state index in [1.807, 2.05) is 23.0 Å². The highest BCUT2D eigenvalue weighted by Gasteiger charge is 2.07. The van der Waals surface area contributed by atoms with Crippen molar-refractivity contribution < 1.29 is 4.74 Å². The first-order valence-electron chi connectivity index (χ1n) is 7.04. The first-order chi connectivity index (χ1) is 9.62. The highest BCUT2D eigenvalue weighted by molar-refractivity contribution is 5.29. The van der Waals surface area contributed by atoms with Crippen LogP contribution in [0.1, 0.15) is 44.5 Å². The highest BCUT2D eigenvalue weighted by Crippen LogP contribution is 2.22. The van der Waals surface area contributed by atoms with E-state index in [4.69, 9.17) is 10.5 Å². The SMILES string of the molecule is CCCc1cc(CN)cc(Oc2cnn(C(C)C)c2)n1. The number of nitrogens with two attached hydrogens (primary N) is 1. The first kappa shape index (κ1) is 14.5. The van der Waals surface area contributed by atoms with Gasteiger partial charge in [-0.25, -0.2) is 4.98 Å². The van der Waals surface area contributed by atoms with Crippen LogP contribution < -0.4 is 10.5 Å². The van der Waals surface area contributed by atoms with Gasteiger partial charge < -0.3 is 10.5 Å². The molecule has 0 atom stereocenters. The Labute approximate surface area is 119 Å². The summed E-state index contributed by atoms with van der Waals surface area (Å²) in [7, 11) is 0. The van der Waals surface area contributed by atoms with Crippen molar-refractivity contribution in [2.24, 2.45) is 5.73 Å². The Morgan fingerprint density at radius 2 is 2.15 bits per heavy atom. The molecular weight excluding hydrogens is 252 g/mol. The van der Waals surface area contributed by atoms with Crippen molar-refractivity contribution >= 4 is 0 Å². The van der Waals surface area contributed by atoms with Crippen molar-refractivity contribution in [2.75, 3.05) is 0 Å². The summed E-state index contributed by atoms with van der Waals surface area (Å²) in [4.78, 5) is 4.51. The van der Waals surface area contributed by atoms with Crippen molar-refractivity contribution in [3.05, 3.63) is 35.8 Å². The minimum absolute atomic E-state index is 0.311. The van der Waals surface area contributed by atoms with Gasteiger partial charge in [0.1, 0.15) is 0 Å². The van der Waals surface area contributed by atoms with Gasteiger partial charge in [-0.15, -0.1) is 0 Å². The van der Waals surface area contributed by atoms with Crippen LogP contribution >= 0.6 is 0 Å². The van der Waals surface area contributed by atoms with Gasteiger partial charge in [0.25, 0.3) is 0 Å². The van der Waals surface area contributed by atoms with Crippen molar-refractivity contribution in [3.8, 4) is 11.6 Å². The Morgan fingerprint density at radius 1 is 1.35 bits per heavy atom. The molecule has 0 aliphatic heterocycles. The van der Waals surface area contributed by atoms with Gasteiger partial charge in [0.2, 0.25) is 5.88 Å². The number of rotatable bonds is 6. The van der Waals surface area contributed by atoms with E-state index in [-0.39, 0.29) is 0 Å². The van der Waals surface area contributed by atoms with Crippen LogP contribution in [0.2, 0.25) is 0 Å². The molecule has 2 rings (SSSR count). The van der Waals surface area contributed by atoms with E-state index in [2.05, 4.69) is 30.9 Å². The van der Waals surface area contributed by atoms with Gasteiger partial charge in [0.05, 0.1) is 12.4 Å².